The van der Waals surface area contributed by atoms with Crippen LogP contribution in [0.2, 0.25) is 0 Å². The van der Waals surface area contributed by atoms with E-state index in [2.05, 4.69) is 0 Å². The molecule has 7 rings (SSSR count). The van der Waals surface area contributed by atoms with Crippen molar-refractivity contribution in [3.05, 3.63) is 142 Å². The van der Waals surface area contributed by atoms with Crippen LogP contribution < -0.4 is 4.90 Å². The van der Waals surface area contributed by atoms with Crippen LogP contribution in [0.4, 0.5) is 25.8 Å². The maximum absolute atomic E-state index is 15.9. The van der Waals surface area contributed by atoms with Crippen molar-refractivity contribution in [1.82, 2.24) is 0 Å². The number of allylic oxidation sites excluding steroid dienone is 1. The smallest absolute Gasteiger partial charge is 0.300 e. The molecule has 4 aromatic carbocycles. The molecule has 0 saturated heterocycles. The van der Waals surface area contributed by atoms with Crippen molar-refractivity contribution in [2.45, 2.75) is 5.92 Å². The first-order valence-corrected chi connectivity index (χ1v) is 13.2. The monoisotopic (exact) mass is 531 g/mol. The highest BCUT2D eigenvalue weighted by atomic mass is 32.1. The molecule has 0 bridgehead atoms. The highest BCUT2D eigenvalue weighted by Crippen LogP contribution is 2.56. The van der Waals surface area contributed by atoms with E-state index in [1.54, 1.807) is 36.4 Å². The maximum Gasteiger partial charge on any atom is 0.300 e. The molecule has 188 valence electrons. The van der Waals surface area contributed by atoms with Crippen molar-refractivity contribution < 1.29 is 18.4 Å². The minimum Gasteiger partial charge on any atom is -0.310 e. The molecular weight excluding hydrogens is 512 g/mol. The van der Waals surface area contributed by atoms with E-state index >= 15 is 8.78 Å². The standard InChI is InChI=1S/C33H19F2NO2S/c34-33(35)28-17-22(36(20-9-3-1-4-10-20)21-11-5-2-6-12-21)15-16-26(28)32-29(33)19-23(39-32)18-27-30(37)24-13-7-8-14-25(24)31(27)38/h1-19H. The van der Waals surface area contributed by atoms with E-state index in [-0.39, 0.29) is 28.3 Å². The topological polar surface area (TPSA) is 37.4 Å². The number of hydrogen-bond donors (Lipinski definition) is 0. The number of anilines is 3. The van der Waals surface area contributed by atoms with E-state index in [1.165, 1.54) is 23.5 Å². The molecule has 0 saturated carbocycles. The van der Waals surface area contributed by atoms with Crippen LogP contribution in [-0.4, -0.2) is 11.6 Å². The number of carbonyl (C=O) groups excluding carboxylic acids is 2. The van der Waals surface area contributed by atoms with E-state index < -0.39 is 5.92 Å². The molecule has 3 nitrogen and oxygen atoms in total. The largest absolute Gasteiger partial charge is 0.310 e. The molecular formula is C33H19F2NO2S. The van der Waals surface area contributed by atoms with Crippen LogP contribution >= 0.6 is 11.3 Å². The van der Waals surface area contributed by atoms with Gasteiger partial charge < -0.3 is 4.90 Å². The summed E-state index contributed by atoms with van der Waals surface area (Å²) in [6.07, 6.45) is 1.45. The number of rotatable bonds is 4. The Labute approximate surface area is 227 Å². The number of alkyl halides is 2. The number of fused-ring (bicyclic) bond motifs is 4. The molecule has 0 aliphatic heterocycles. The minimum absolute atomic E-state index is 0.0105. The van der Waals surface area contributed by atoms with Crippen molar-refractivity contribution in [2.24, 2.45) is 0 Å². The van der Waals surface area contributed by atoms with Crippen LogP contribution in [0.25, 0.3) is 16.5 Å². The van der Waals surface area contributed by atoms with Gasteiger partial charge in [-0.05, 0) is 48.5 Å². The summed E-state index contributed by atoms with van der Waals surface area (Å²) in [5.74, 6) is -3.97. The molecule has 1 aromatic heterocycles. The highest BCUT2D eigenvalue weighted by Gasteiger charge is 2.46. The lowest BCUT2D eigenvalue weighted by Crippen LogP contribution is -2.13. The zero-order chi connectivity index (χ0) is 26.7. The number of halogens is 2. The third-order valence-electron chi connectivity index (χ3n) is 7.15. The molecule has 6 heteroatoms. The number of ketones is 2. The summed E-state index contributed by atoms with van der Waals surface area (Å²) in [6.45, 7) is 0. The van der Waals surface area contributed by atoms with Gasteiger partial charge in [-0.2, -0.15) is 8.78 Å². The quantitative estimate of drug-likeness (QED) is 0.172. The van der Waals surface area contributed by atoms with Gasteiger partial charge in [-0.1, -0.05) is 66.7 Å². The summed E-state index contributed by atoms with van der Waals surface area (Å²) >= 11 is 1.17. The van der Waals surface area contributed by atoms with E-state index in [9.17, 15) is 9.59 Å². The van der Waals surface area contributed by atoms with Crippen LogP contribution in [0.5, 0.6) is 0 Å². The molecule has 0 radical (unpaired) electrons. The van der Waals surface area contributed by atoms with Crippen molar-refractivity contribution in [1.29, 1.82) is 0 Å². The van der Waals surface area contributed by atoms with E-state index in [0.29, 0.717) is 32.1 Å². The fourth-order valence-corrected chi connectivity index (χ4v) is 6.51. The Morgan fingerprint density at radius 2 is 1.18 bits per heavy atom. The fourth-order valence-electron chi connectivity index (χ4n) is 5.34. The predicted molar refractivity (Wildman–Crippen MR) is 151 cm³/mol. The molecule has 0 N–H and O–H groups in total. The van der Waals surface area contributed by atoms with Crippen molar-refractivity contribution >= 4 is 46.0 Å². The Morgan fingerprint density at radius 1 is 0.615 bits per heavy atom. The average Bonchev–Trinajstić information content (AvgIpc) is 3.56. The lowest BCUT2D eigenvalue weighted by atomic mass is 10.0. The second-order valence-electron chi connectivity index (χ2n) is 9.46. The van der Waals surface area contributed by atoms with Gasteiger partial charge in [0.25, 0.3) is 0 Å². The number of Topliss-reactive ketones (excluding diaryl/α,β-unsaturated/α-hetero) is 2. The van der Waals surface area contributed by atoms with Crippen molar-refractivity contribution in [2.75, 3.05) is 4.90 Å². The first kappa shape index (κ1) is 23.4. The van der Waals surface area contributed by atoms with Gasteiger partial charge in [0.2, 0.25) is 0 Å². The Bertz CT molecular complexity index is 1750. The normalized spacial score (nSPS) is 14.7. The first-order chi connectivity index (χ1) is 18.9. The van der Waals surface area contributed by atoms with Gasteiger partial charge in [0.05, 0.1) is 5.57 Å². The third-order valence-corrected chi connectivity index (χ3v) is 8.27. The van der Waals surface area contributed by atoms with Crippen LogP contribution in [-0.2, 0) is 5.92 Å². The number of thiophene rings is 1. The number of benzene rings is 4. The molecule has 5 aromatic rings. The highest BCUT2D eigenvalue weighted by molar-refractivity contribution is 7.16. The van der Waals surface area contributed by atoms with Crippen LogP contribution in [0.3, 0.4) is 0 Å². The summed E-state index contributed by atoms with van der Waals surface area (Å²) in [5, 5.41) is 0. The summed E-state index contributed by atoms with van der Waals surface area (Å²) in [4.78, 5) is 28.5. The Kier molecular flexibility index (Phi) is 5.22. The second kappa shape index (κ2) is 8.68. The molecule has 0 amide bonds. The van der Waals surface area contributed by atoms with Crippen LogP contribution in [0.15, 0.2) is 115 Å². The van der Waals surface area contributed by atoms with Crippen molar-refractivity contribution in [3.8, 4) is 10.4 Å². The summed E-state index contributed by atoms with van der Waals surface area (Å²) in [6, 6.07) is 32.4. The fraction of sp³-hybridized carbons (Fsp3) is 0.0303. The number of para-hydroxylation sites is 2. The Balaban J connectivity index is 1.30. The lowest BCUT2D eigenvalue weighted by molar-refractivity contribution is 0.0483. The number of nitrogens with zero attached hydrogens (tertiary/aromatic N) is 1. The zero-order valence-corrected chi connectivity index (χ0v) is 21.2. The van der Waals surface area contributed by atoms with Gasteiger partial charge in [-0.3, -0.25) is 9.59 Å². The molecule has 0 unspecified atom stereocenters. The molecule has 0 fully saturated rings. The van der Waals surface area contributed by atoms with Gasteiger partial charge in [-0.25, -0.2) is 0 Å². The Morgan fingerprint density at radius 3 is 1.77 bits per heavy atom. The number of carbonyl (C=O) groups is 2. The van der Waals surface area contributed by atoms with Crippen molar-refractivity contribution in [3.63, 3.8) is 0 Å². The Hall–Kier alpha value is -4.68. The predicted octanol–water partition coefficient (Wildman–Crippen LogP) is 8.80. The second-order valence-corrected chi connectivity index (χ2v) is 10.5. The van der Waals surface area contributed by atoms with Crippen LogP contribution in [0.1, 0.15) is 36.7 Å². The molecule has 0 spiro atoms. The first-order valence-electron chi connectivity index (χ1n) is 12.4. The van der Waals surface area contributed by atoms with Gasteiger partial charge in [0.15, 0.2) is 11.6 Å². The van der Waals surface area contributed by atoms with Gasteiger partial charge in [0.1, 0.15) is 0 Å². The van der Waals surface area contributed by atoms with Crippen LogP contribution in [0, 0.1) is 0 Å². The summed E-state index contributed by atoms with van der Waals surface area (Å²) in [5.41, 5.74) is 3.36. The average molecular weight is 532 g/mol. The van der Waals surface area contributed by atoms with E-state index in [1.807, 2.05) is 71.6 Å². The van der Waals surface area contributed by atoms with E-state index in [0.717, 1.165) is 11.4 Å². The molecule has 1 heterocycles. The molecule has 2 aliphatic rings. The number of hydrogen-bond acceptors (Lipinski definition) is 4. The minimum atomic E-state index is -3.22. The zero-order valence-electron chi connectivity index (χ0n) is 20.4. The summed E-state index contributed by atoms with van der Waals surface area (Å²) < 4.78 is 31.8. The molecule has 39 heavy (non-hydrogen) atoms. The maximum atomic E-state index is 15.9. The SMILES string of the molecule is O=C1C(=Cc2cc3c(s2)-c2ccc(N(c4ccccc4)c4ccccc4)cc2C3(F)F)C(=O)c2ccccc21. The van der Waals surface area contributed by atoms with Gasteiger partial charge >= 0.3 is 5.92 Å². The lowest BCUT2D eigenvalue weighted by Gasteiger charge is -2.26. The summed E-state index contributed by atoms with van der Waals surface area (Å²) in [7, 11) is 0. The van der Waals surface area contributed by atoms with Gasteiger partial charge in [-0.15, -0.1) is 11.3 Å². The van der Waals surface area contributed by atoms with Gasteiger partial charge in [0, 0.05) is 54.6 Å². The molecule has 0 atom stereocenters. The third kappa shape index (κ3) is 3.60. The molecule has 2 aliphatic carbocycles. The van der Waals surface area contributed by atoms with E-state index in [4.69, 9.17) is 0 Å².